The van der Waals surface area contributed by atoms with Crippen LogP contribution in [0.15, 0.2) is 42.6 Å². The van der Waals surface area contributed by atoms with Crippen molar-refractivity contribution in [3.63, 3.8) is 0 Å². The average molecular weight is 339 g/mol. The summed E-state index contributed by atoms with van der Waals surface area (Å²) >= 11 is 0. The number of imide groups is 1. The first-order valence-electron chi connectivity index (χ1n) is 7.88. The van der Waals surface area contributed by atoms with E-state index in [0.29, 0.717) is 6.54 Å². The predicted octanol–water partition coefficient (Wildman–Crippen LogP) is 1.73. The minimum Gasteiger partial charge on any atom is -0.449 e. The van der Waals surface area contributed by atoms with Crippen molar-refractivity contribution in [3.8, 4) is 0 Å². The number of carbonyl (C=O) groups is 3. The third kappa shape index (κ3) is 3.65. The number of urea groups is 1. The van der Waals surface area contributed by atoms with Crippen molar-refractivity contribution in [1.29, 1.82) is 0 Å². The minimum absolute atomic E-state index is 0.275. The lowest BCUT2D eigenvalue weighted by Crippen LogP contribution is -2.41. The molecule has 0 spiro atoms. The van der Waals surface area contributed by atoms with Crippen LogP contribution in [0.1, 0.15) is 12.5 Å². The van der Waals surface area contributed by atoms with Gasteiger partial charge in [0, 0.05) is 36.3 Å². The summed E-state index contributed by atoms with van der Waals surface area (Å²) in [6.07, 6.45) is 3.49. The van der Waals surface area contributed by atoms with Gasteiger partial charge < -0.3 is 10.1 Å². The molecule has 0 bridgehead atoms. The van der Waals surface area contributed by atoms with Crippen molar-refractivity contribution in [2.75, 3.05) is 13.1 Å². The summed E-state index contributed by atoms with van der Waals surface area (Å²) in [5.41, 5.74) is 1.54. The lowest BCUT2D eigenvalue weighted by Gasteiger charge is -2.17. The van der Waals surface area contributed by atoms with E-state index in [0.717, 1.165) is 21.4 Å². The molecule has 3 amide bonds. The molecule has 7 heteroatoms. The van der Waals surface area contributed by atoms with Crippen molar-refractivity contribution >= 4 is 34.9 Å². The summed E-state index contributed by atoms with van der Waals surface area (Å²) in [7, 11) is 0. The van der Waals surface area contributed by atoms with Crippen LogP contribution in [0, 0.1) is 0 Å². The van der Waals surface area contributed by atoms with E-state index in [2.05, 4.69) is 10.3 Å². The molecule has 2 aromatic rings. The molecule has 128 valence electrons. The van der Waals surface area contributed by atoms with Crippen LogP contribution in [0.3, 0.4) is 0 Å². The highest BCUT2D eigenvalue weighted by atomic mass is 16.5. The van der Waals surface area contributed by atoms with Crippen molar-refractivity contribution in [2.24, 2.45) is 0 Å². The van der Waals surface area contributed by atoms with Gasteiger partial charge in [-0.3, -0.25) is 14.7 Å². The summed E-state index contributed by atoms with van der Waals surface area (Å²) < 4.78 is 5.09. The fraction of sp³-hybridized carbons (Fsp3) is 0.222. The molecule has 1 atom stereocenters. The molecule has 7 nitrogen and oxygen atoms in total. The molecule has 1 aliphatic heterocycles. The number of nitrogens with one attached hydrogen (secondary N) is 1. The number of para-hydroxylation sites is 1. The van der Waals surface area contributed by atoms with Gasteiger partial charge in [0.1, 0.15) is 0 Å². The molecule has 2 heterocycles. The molecule has 3 rings (SSSR count). The monoisotopic (exact) mass is 339 g/mol. The maximum atomic E-state index is 12.1. The summed E-state index contributed by atoms with van der Waals surface area (Å²) in [6.45, 7) is 2.12. The zero-order valence-corrected chi connectivity index (χ0v) is 13.6. The molecule has 0 saturated carbocycles. The Morgan fingerprint density at radius 3 is 2.88 bits per heavy atom. The number of rotatable bonds is 4. The van der Waals surface area contributed by atoms with Crippen LogP contribution in [0.2, 0.25) is 0 Å². The number of amides is 3. The number of benzene rings is 1. The molecular weight excluding hydrogens is 322 g/mol. The van der Waals surface area contributed by atoms with Crippen LogP contribution in [-0.4, -0.2) is 47.0 Å². The van der Waals surface area contributed by atoms with E-state index in [9.17, 15) is 14.4 Å². The van der Waals surface area contributed by atoms with Gasteiger partial charge >= 0.3 is 12.0 Å². The van der Waals surface area contributed by atoms with Gasteiger partial charge in [-0.1, -0.05) is 24.3 Å². The molecule has 25 heavy (non-hydrogen) atoms. The Kier molecular flexibility index (Phi) is 4.74. The van der Waals surface area contributed by atoms with Crippen LogP contribution < -0.4 is 5.32 Å². The van der Waals surface area contributed by atoms with E-state index in [4.69, 9.17) is 4.74 Å². The number of nitrogens with zero attached hydrogens (tertiary/aromatic N) is 2. The van der Waals surface area contributed by atoms with Gasteiger partial charge in [-0.25, -0.2) is 9.59 Å². The largest absolute Gasteiger partial charge is 0.449 e. The number of pyridine rings is 1. The lowest BCUT2D eigenvalue weighted by molar-refractivity contribution is -0.153. The third-order valence-corrected chi connectivity index (χ3v) is 3.83. The van der Waals surface area contributed by atoms with E-state index in [1.807, 2.05) is 30.3 Å². The van der Waals surface area contributed by atoms with E-state index in [1.165, 1.54) is 13.0 Å². The van der Waals surface area contributed by atoms with Crippen molar-refractivity contribution in [3.05, 3.63) is 48.2 Å². The van der Waals surface area contributed by atoms with Crippen molar-refractivity contribution in [1.82, 2.24) is 15.2 Å². The molecule has 1 N–H and O–H groups in total. The number of hydrogen-bond donors (Lipinski definition) is 1. The summed E-state index contributed by atoms with van der Waals surface area (Å²) in [5, 5.41) is 3.49. The standard InChI is InChI=1S/C18H17N3O4/c1-12(17(23)21-11-10-20-18(21)24)25-15(22)8-7-14-5-2-4-13-6-3-9-19-16(13)14/h2-9,12H,10-11H2,1H3,(H,20,24)/b8-7+/t12-/m0/s1. The molecular formula is C18H17N3O4. The lowest BCUT2D eigenvalue weighted by atomic mass is 10.1. The van der Waals surface area contributed by atoms with Crippen molar-refractivity contribution < 1.29 is 19.1 Å². The van der Waals surface area contributed by atoms with Gasteiger partial charge in [0.2, 0.25) is 0 Å². The third-order valence-electron chi connectivity index (χ3n) is 3.83. The normalized spacial score (nSPS) is 15.4. The summed E-state index contributed by atoms with van der Waals surface area (Å²) in [4.78, 5) is 40.9. The Morgan fingerprint density at radius 2 is 2.12 bits per heavy atom. The van der Waals surface area contributed by atoms with Crippen LogP contribution >= 0.6 is 0 Å². The summed E-state index contributed by atoms with van der Waals surface area (Å²) in [6, 6.07) is 8.94. The number of fused-ring (bicyclic) bond motifs is 1. The van der Waals surface area contributed by atoms with Crippen LogP contribution in [0.5, 0.6) is 0 Å². The smallest absolute Gasteiger partial charge is 0.331 e. The molecule has 1 aliphatic rings. The molecule has 0 aliphatic carbocycles. The van der Waals surface area contributed by atoms with Crippen LogP contribution in [0.4, 0.5) is 4.79 Å². The van der Waals surface area contributed by atoms with E-state index in [1.54, 1.807) is 12.3 Å². The summed E-state index contributed by atoms with van der Waals surface area (Å²) in [5.74, 6) is -1.20. The number of carbonyl (C=O) groups excluding carboxylic acids is 3. The number of hydrogen-bond acceptors (Lipinski definition) is 5. The topological polar surface area (TPSA) is 88.6 Å². The second-order valence-electron chi connectivity index (χ2n) is 5.56. The second-order valence-corrected chi connectivity index (χ2v) is 5.56. The maximum absolute atomic E-state index is 12.1. The Labute approximate surface area is 144 Å². The fourth-order valence-electron chi connectivity index (χ4n) is 2.59. The van der Waals surface area contributed by atoms with E-state index >= 15 is 0 Å². The molecule has 0 radical (unpaired) electrons. The first-order valence-corrected chi connectivity index (χ1v) is 7.88. The Morgan fingerprint density at radius 1 is 1.32 bits per heavy atom. The second kappa shape index (κ2) is 7.12. The molecule has 0 unspecified atom stereocenters. The highest BCUT2D eigenvalue weighted by Crippen LogP contribution is 2.17. The Bertz CT molecular complexity index is 857. The van der Waals surface area contributed by atoms with Gasteiger partial charge in [0.25, 0.3) is 5.91 Å². The zero-order valence-electron chi connectivity index (χ0n) is 13.6. The molecule has 1 aromatic heterocycles. The SMILES string of the molecule is C[C@H](OC(=O)/C=C/c1cccc2cccnc12)C(=O)N1CCNC1=O. The predicted molar refractivity (Wildman–Crippen MR) is 91.4 cm³/mol. The Balaban J connectivity index is 1.66. The van der Waals surface area contributed by atoms with Gasteiger partial charge in [-0.15, -0.1) is 0 Å². The van der Waals surface area contributed by atoms with Crippen LogP contribution in [0.25, 0.3) is 17.0 Å². The van der Waals surface area contributed by atoms with E-state index in [-0.39, 0.29) is 6.54 Å². The van der Waals surface area contributed by atoms with Crippen molar-refractivity contribution in [2.45, 2.75) is 13.0 Å². The maximum Gasteiger partial charge on any atom is 0.331 e. The molecule has 1 saturated heterocycles. The minimum atomic E-state index is -1.04. The quantitative estimate of drug-likeness (QED) is 0.677. The van der Waals surface area contributed by atoms with Gasteiger partial charge in [0.15, 0.2) is 6.10 Å². The Hall–Kier alpha value is -3.22. The average Bonchev–Trinajstić information content (AvgIpc) is 3.05. The zero-order chi connectivity index (χ0) is 17.8. The number of aromatic nitrogens is 1. The highest BCUT2D eigenvalue weighted by Gasteiger charge is 2.31. The van der Waals surface area contributed by atoms with Gasteiger partial charge in [-0.2, -0.15) is 0 Å². The molecule has 1 fully saturated rings. The van der Waals surface area contributed by atoms with Gasteiger partial charge in [-0.05, 0) is 19.1 Å². The first kappa shape index (κ1) is 16.6. The molecule has 1 aromatic carbocycles. The van der Waals surface area contributed by atoms with E-state index < -0.39 is 24.0 Å². The van der Waals surface area contributed by atoms with Gasteiger partial charge in [0.05, 0.1) is 5.52 Å². The number of esters is 1. The fourth-order valence-corrected chi connectivity index (χ4v) is 2.59. The highest BCUT2D eigenvalue weighted by molar-refractivity contribution is 5.99. The first-order chi connectivity index (χ1) is 12.1. The van der Waals surface area contributed by atoms with Crippen LogP contribution in [-0.2, 0) is 14.3 Å². The number of ether oxygens (including phenoxy) is 1.